The standard InChI is InChI=1S/C23H33N5O2/c1-26(2)14-23-15-27(21(29)9-17-6-4-3-5-7-17)12-19(23)13-28(16-23)22(30)20-8-18(10-24)11-25-20/h8,11,17,19,25H,3-7,9,12-16H2,1-2H3/t19-,23+/m1/s1. The van der Waals surface area contributed by atoms with Gasteiger partial charge in [0.2, 0.25) is 5.91 Å². The van der Waals surface area contributed by atoms with E-state index in [4.69, 9.17) is 5.26 Å². The van der Waals surface area contributed by atoms with Crippen LogP contribution in [-0.4, -0.2) is 78.3 Å². The summed E-state index contributed by atoms with van der Waals surface area (Å²) < 4.78 is 0. The minimum Gasteiger partial charge on any atom is -0.356 e. The summed E-state index contributed by atoms with van der Waals surface area (Å²) >= 11 is 0. The van der Waals surface area contributed by atoms with E-state index in [2.05, 4.69) is 34.9 Å². The number of H-pyrrole nitrogens is 1. The molecule has 7 nitrogen and oxygen atoms in total. The first kappa shape index (κ1) is 20.9. The molecule has 1 N–H and O–H groups in total. The Hall–Kier alpha value is -2.33. The Kier molecular flexibility index (Phi) is 5.88. The van der Waals surface area contributed by atoms with Gasteiger partial charge in [-0.05, 0) is 38.9 Å². The Morgan fingerprint density at radius 3 is 2.57 bits per heavy atom. The molecule has 0 radical (unpaired) electrons. The minimum atomic E-state index is -0.0773. The van der Waals surface area contributed by atoms with Crippen molar-refractivity contribution in [2.24, 2.45) is 17.3 Å². The lowest BCUT2D eigenvalue weighted by Crippen LogP contribution is -2.44. The van der Waals surface area contributed by atoms with Gasteiger partial charge in [-0.1, -0.05) is 19.3 Å². The lowest BCUT2D eigenvalue weighted by Gasteiger charge is -2.32. The van der Waals surface area contributed by atoms with Crippen molar-refractivity contribution in [3.63, 3.8) is 0 Å². The maximum Gasteiger partial charge on any atom is 0.270 e. The third kappa shape index (κ3) is 4.11. The van der Waals surface area contributed by atoms with Crippen molar-refractivity contribution in [1.29, 1.82) is 5.26 Å². The van der Waals surface area contributed by atoms with Crippen LogP contribution in [0.25, 0.3) is 0 Å². The molecule has 2 saturated heterocycles. The predicted molar refractivity (Wildman–Crippen MR) is 114 cm³/mol. The molecule has 2 aliphatic heterocycles. The fraction of sp³-hybridized carbons (Fsp3) is 0.696. The summed E-state index contributed by atoms with van der Waals surface area (Å²) in [6.07, 6.45) is 8.47. The van der Waals surface area contributed by atoms with Crippen molar-refractivity contribution >= 4 is 11.8 Å². The number of hydrogen-bond acceptors (Lipinski definition) is 4. The van der Waals surface area contributed by atoms with Crippen LogP contribution in [-0.2, 0) is 4.79 Å². The van der Waals surface area contributed by atoms with Gasteiger partial charge in [0, 0.05) is 56.7 Å². The van der Waals surface area contributed by atoms with Crippen LogP contribution in [0.15, 0.2) is 12.3 Å². The van der Waals surface area contributed by atoms with E-state index in [0.29, 0.717) is 48.5 Å². The number of rotatable bonds is 5. The number of carbonyl (C=O) groups is 2. The highest BCUT2D eigenvalue weighted by molar-refractivity contribution is 5.93. The third-order valence-electron chi connectivity index (χ3n) is 7.26. The van der Waals surface area contributed by atoms with Gasteiger partial charge in [0.1, 0.15) is 11.8 Å². The number of hydrogen-bond donors (Lipinski definition) is 1. The minimum absolute atomic E-state index is 0.0517. The van der Waals surface area contributed by atoms with Gasteiger partial charge in [0.05, 0.1) is 5.56 Å². The van der Waals surface area contributed by atoms with Gasteiger partial charge >= 0.3 is 0 Å². The van der Waals surface area contributed by atoms with Gasteiger partial charge in [0.15, 0.2) is 0 Å². The number of nitrogens with one attached hydrogen (secondary N) is 1. The number of amides is 2. The molecule has 0 spiro atoms. The zero-order chi connectivity index (χ0) is 21.3. The summed E-state index contributed by atoms with van der Waals surface area (Å²) in [5.74, 6) is 1.10. The lowest BCUT2D eigenvalue weighted by molar-refractivity contribution is -0.132. The van der Waals surface area contributed by atoms with Crippen molar-refractivity contribution in [2.75, 3.05) is 46.8 Å². The van der Waals surface area contributed by atoms with Gasteiger partial charge in [-0.2, -0.15) is 5.26 Å². The van der Waals surface area contributed by atoms with Gasteiger partial charge in [-0.15, -0.1) is 0 Å². The molecule has 3 heterocycles. The van der Waals surface area contributed by atoms with Crippen molar-refractivity contribution in [3.8, 4) is 6.07 Å². The molecule has 0 unspecified atom stereocenters. The molecule has 1 aromatic heterocycles. The highest BCUT2D eigenvalue weighted by Gasteiger charge is 2.54. The van der Waals surface area contributed by atoms with Gasteiger partial charge < -0.3 is 19.7 Å². The molecule has 0 aromatic carbocycles. The summed E-state index contributed by atoms with van der Waals surface area (Å²) in [5.41, 5.74) is 0.864. The highest BCUT2D eigenvalue weighted by atomic mass is 16.2. The molecule has 2 amide bonds. The van der Waals surface area contributed by atoms with Gasteiger partial charge in [-0.25, -0.2) is 0 Å². The average Bonchev–Trinajstić information content (AvgIpc) is 3.40. The number of nitrogens with zero attached hydrogens (tertiary/aromatic N) is 4. The van der Waals surface area contributed by atoms with E-state index >= 15 is 0 Å². The Balaban J connectivity index is 1.44. The molecule has 4 rings (SSSR count). The summed E-state index contributed by atoms with van der Waals surface area (Å²) in [7, 11) is 4.12. The fourth-order valence-corrected chi connectivity index (χ4v) is 5.90. The Labute approximate surface area is 179 Å². The second-order valence-corrected chi connectivity index (χ2v) is 9.88. The van der Waals surface area contributed by atoms with Crippen LogP contribution in [0.4, 0.5) is 0 Å². The highest BCUT2D eigenvalue weighted by Crippen LogP contribution is 2.44. The number of carbonyl (C=O) groups excluding carboxylic acids is 2. The molecule has 0 bridgehead atoms. The number of aromatic nitrogens is 1. The smallest absolute Gasteiger partial charge is 0.270 e. The van der Waals surface area contributed by atoms with Crippen LogP contribution in [0.5, 0.6) is 0 Å². The van der Waals surface area contributed by atoms with E-state index in [1.165, 1.54) is 32.1 Å². The second kappa shape index (κ2) is 8.43. The fourth-order valence-electron chi connectivity index (χ4n) is 5.90. The summed E-state index contributed by atoms with van der Waals surface area (Å²) in [6, 6.07) is 3.69. The normalized spacial score (nSPS) is 26.8. The van der Waals surface area contributed by atoms with Crippen LogP contribution < -0.4 is 0 Å². The van der Waals surface area contributed by atoms with E-state index < -0.39 is 0 Å². The van der Waals surface area contributed by atoms with Crippen LogP contribution in [0.2, 0.25) is 0 Å². The van der Waals surface area contributed by atoms with E-state index in [1.807, 2.05) is 4.90 Å². The first-order valence-corrected chi connectivity index (χ1v) is 11.2. The molecule has 3 fully saturated rings. The van der Waals surface area contributed by atoms with E-state index in [9.17, 15) is 9.59 Å². The quantitative estimate of drug-likeness (QED) is 0.806. The number of fused-ring (bicyclic) bond motifs is 1. The SMILES string of the molecule is CN(C)C[C@@]12CN(C(=O)CC3CCCCC3)C[C@@H]1CN(C(=O)c1cc(C#N)c[nH]1)C2. The maximum absolute atomic E-state index is 13.0. The van der Waals surface area contributed by atoms with Crippen LogP contribution in [0.1, 0.15) is 54.6 Å². The molecule has 1 saturated carbocycles. The molecule has 2 atom stereocenters. The molecule has 7 heteroatoms. The van der Waals surface area contributed by atoms with Crippen molar-refractivity contribution in [3.05, 3.63) is 23.5 Å². The first-order valence-electron chi connectivity index (χ1n) is 11.2. The molecular weight excluding hydrogens is 378 g/mol. The molecule has 162 valence electrons. The molecule has 3 aliphatic rings. The summed E-state index contributed by atoms with van der Waals surface area (Å²) in [6.45, 7) is 3.67. The zero-order valence-electron chi connectivity index (χ0n) is 18.2. The Morgan fingerprint density at radius 1 is 1.20 bits per heavy atom. The Bertz CT molecular complexity index is 835. The van der Waals surface area contributed by atoms with Crippen LogP contribution >= 0.6 is 0 Å². The third-order valence-corrected chi connectivity index (χ3v) is 7.26. The number of aromatic amines is 1. The summed E-state index contributed by atoms with van der Waals surface area (Å²) in [4.78, 5) is 35.1. The lowest BCUT2D eigenvalue weighted by atomic mass is 9.80. The Morgan fingerprint density at radius 2 is 1.90 bits per heavy atom. The van der Waals surface area contributed by atoms with Gasteiger partial charge in [-0.3, -0.25) is 9.59 Å². The molecule has 1 aromatic rings. The maximum atomic E-state index is 13.0. The largest absolute Gasteiger partial charge is 0.356 e. The van der Waals surface area contributed by atoms with Crippen molar-refractivity contribution in [1.82, 2.24) is 19.7 Å². The van der Waals surface area contributed by atoms with Crippen LogP contribution in [0, 0.1) is 28.6 Å². The zero-order valence-corrected chi connectivity index (χ0v) is 18.2. The first-order chi connectivity index (χ1) is 14.4. The number of likely N-dealkylation sites (tertiary alicyclic amines) is 2. The average molecular weight is 412 g/mol. The van der Waals surface area contributed by atoms with E-state index in [1.54, 1.807) is 12.3 Å². The van der Waals surface area contributed by atoms with Crippen molar-refractivity contribution in [2.45, 2.75) is 38.5 Å². The van der Waals surface area contributed by atoms with Crippen molar-refractivity contribution < 1.29 is 9.59 Å². The molecule has 30 heavy (non-hydrogen) atoms. The van der Waals surface area contributed by atoms with E-state index in [0.717, 1.165) is 19.6 Å². The topological polar surface area (TPSA) is 83.4 Å². The second-order valence-electron chi connectivity index (χ2n) is 9.88. The van der Waals surface area contributed by atoms with Gasteiger partial charge in [0.25, 0.3) is 5.91 Å². The number of nitriles is 1. The van der Waals surface area contributed by atoms with E-state index in [-0.39, 0.29) is 11.3 Å². The predicted octanol–water partition coefficient (Wildman–Crippen LogP) is 2.32. The summed E-state index contributed by atoms with van der Waals surface area (Å²) in [5, 5.41) is 9.03. The molecule has 1 aliphatic carbocycles. The monoisotopic (exact) mass is 411 g/mol. The van der Waals surface area contributed by atoms with Crippen LogP contribution in [0.3, 0.4) is 0 Å². The molecular formula is C23H33N5O2.